The molecule has 0 radical (unpaired) electrons. The normalized spacial score (nSPS) is 15.6. The van der Waals surface area contributed by atoms with E-state index < -0.39 is 27.7 Å². The number of benzene rings is 2. The van der Waals surface area contributed by atoms with Crippen molar-refractivity contribution in [3.05, 3.63) is 53.8 Å². The van der Waals surface area contributed by atoms with E-state index in [1.165, 1.54) is 42.8 Å². The number of hydrogen-bond donors (Lipinski definition) is 0. The molecule has 0 unspecified atom stereocenters. The van der Waals surface area contributed by atoms with E-state index in [1.54, 1.807) is 18.2 Å². The predicted octanol–water partition coefficient (Wildman–Crippen LogP) is 2.99. The van der Waals surface area contributed by atoms with Crippen LogP contribution in [0.3, 0.4) is 0 Å². The van der Waals surface area contributed by atoms with E-state index in [4.69, 9.17) is 14.2 Å². The van der Waals surface area contributed by atoms with E-state index in [1.807, 2.05) is 0 Å². The Balaban J connectivity index is 1.54. The Morgan fingerprint density at radius 3 is 2.30 bits per heavy atom. The van der Waals surface area contributed by atoms with Crippen molar-refractivity contribution in [2.45, 2.75) is 24.3 Å². The Labute approximate surface area is 175 Å². The molecule has 0 atom stereocenters. The molecule has 0 aliphatic carbocycles. The number of carbonyl (C=O) groups is 1. The second-order valence-corrected chi connectivity index (χ2v) is 8.87. The van der Waals surface area contributed by atoms with E-state index in [-0.39, 0.29) is 30.3 Å². The van der Waals surface area contributed by atoms with Crippen LogP contribution >= 0.6 is 0 Å². The lowest BCUT2D eigenvalue weighted by atomic mass is 9.98. The van der Waals surface area contributed by atoms with E-state index in [2.05, 4.69) is 0 Å². The summed E-state index contributed by atoms with van der Waals surface area (Å²) >= 11 is 0. The quantitative estimate of drug-likeness (QED) is 0.620. The van der Waals surface area contributed by atoms with Gasteiger partial charge in [-0.3, -0.25) is 4.79 Å². The van der Waals surface area contributed by atoms with Crippen molar-refractivity contribution in [3.63, 3.8) is 0 Å². The number of sulfonamides is 1. The molecule has 0 amide bonds. The highest BCUT2D eigenvalue weighted by atomic mass is 32.2. The second-order valence-electron chi connectivity index (χ2n) is 6.93. The molecule has 9 heteroatoms. The van der Waals surface area contributed by atoms with Crippen molar-refractivity contribution in [2.24, 2.45) is 5.92 Å². The van der Waals surface area contributed by atoms with Gasteiger partial charge in [0.1, 0.15) is 12.4 Å². The summed E-state index contributed by atoms with van der Waals surface area (Å²) in [6.07, 6.45) is 0.733. The Bertz CT molecular complexity index is 985. The van der Waals surface area contributed by atoms with Crippen molar-refractivity contribution in [1.29, 1.82) is 0 Å². The van der Waals surface area contributed by atoms with Crippen LogP contribution in [0.5, 0.6) is 11.5 Å². The third-order valence-corrected chi connectivity index (χ3v) is 6.99. The summed E-state index contributed by atoms with van der Waals surface area (Å²) in [5.74, 6) is -0.631. The van der Waals surface area contributed by atoms with Crippen LogP contribution < -0.4 is 9.47 Å². The zero-order valence-electron chi connectivity index (χ0n) is 16.8. The molecule has 162 valence electrons. The van der Waals surface area contributed by atoms with Gasteiger partial charge >= 0.3 is 5.97 Å². The monoisotopic (exact) mass is 437 g/mol. The van der Waals surface area contributed by atoms with Crippen molar-refractivity contribution in [3.8, 4) is 11.5 Å². The van der Waals surface area contributed by atoms with Gasteiger partial charge in [0.15, 0.2) is 11.6 Å². The number of piperidine rings is 1. The Morgan fingerprint density at radius 2 is 1.73 bits per heavy atom. The lowest BCUT2D eigenvalue weighted by Crippen LogP contribution is -2.40. The number of nitrogens with zero attached hydrogens (tertiary/aromatic N) is 1. The molecule has 0 aromatic heterocycles. The van der Waals surface area contributed by atoms with Crippen molar-refractivity contribution in [2.75, 3.05) is 27.3 Å². The summed E-state index contributed by atoms with van der Waals surface area (Å²) in [5, 5.41) is 0. The number of esters is 1. The van der Waals surface area contributed by atoms with Crippen molar-refractivity contribution in [1.82, 2.24) is 4.31 Å². The minimum absolute atomic E-state index is 0.0515. The van der Waals surface area contributed by atoms with Gasteiger partial charge in [-0.1, -0.05) is 6.07 Å². The molecule has 30 heavy (non-hydrogen) atoms. The van der Waals surface area contributed by atoms with Gasteiger partial charge in [0, 0.05) is 13.1 Å². The van der Waals surface area contributed by atoms with Crippen LogP contribution in [0.15, 0.2) is 47.4 Å². The summed E-state index contributed by atoms with van der Waals surface area (Å²) in [6, 6.07) is 10.6. The summed E-state index contributed by atoms with van der Waals surface area (Å²) in [4.78, 5) is 12.5. The minimum Gasteiger partial charge on any atom is -0.497 e. The summed E-state index contributed by atoms with van der Waals surface area (Å²) in [5.41, 5.74) is 0.515. The lowest BCUT2D eigenvalue weighted by Gasteiger charge is -2.30. The maximum Gasteiger partial charge on any atom is 0.309 e. The maximum atomic E-state index is 13.7. The SMILES string of the molecule is COc1ccc(S(=O)(=O)N2CCC(C(=O)OCc3ccc(OC)c(F)c3)CC2)cc1. The zero-order valence-corrected chi connectivity index (χ0v) is 17.7. The molecule has 0 N–H and O–H groups in total. The van der Waals surface area contributed by atoms with Gasteiger partial charge < -0.3 is 14.2 Å². The number of hydrogen-bond acceptors (Lipinski definition) is 6. The molecule has 0 bridgehead atoms. The van der Waals surface area contributed by atoms with Crippen LogP contribution in [0, 0.1) is 11.7 Å². The van der Waals surface area contributed by atoms with Crippen LogP contribution in [0.25, 0.3) is 0 Å². The van der Waals surface area contributed by atoms with Gasteiger partial charge in [-0.2, -0.15) is 4.31 Å². The van der Waals surface area contributed by atoms with Crippen LogP contribution in [-0.4, -0.2) is 46.0 Å². The van der Waals surface area contributed by atoms with Gasteiger partial charge in [-0.05, 0) is 54.8 Å². The molecule has 1 heterocycles. The Kier molecular flexibility index (Phi) is 6.94. The average Bonchev–Trinajstić information content (AvgIpc) is 2.77. The first-order chi connectivity index (χ1) is 14.3. The van der Waals surface area contributed by atoms with Crippen LogP contribution in [-0.2, 0) is 26.2 Å². The first-order valence-corrected chi connectivity index (χ1v) is 10.9. The summed E-state index contributed by atoms with van der Waals surface area (Å²) in [7, 11) is -0.744. The largest absolute Gasteiger partial charge is 0.497 e. The molecule has 1 aliphatic heterocycles. The molecule has 7 nitrogen and oxygen atoms in total. The molecule has 2 aromatic carbocycles. The molecule has 0 spiro atoms. The fraction of sp³-hybridized carbons (Fsp3) is 0.381. The molecule has 3 rings (SSSR count). The van der Waals surface area contributed by atoms with E-state index in [0.717, 1.165) is 0 Å². The van der Waals surface area contributed by atoms with Crippen molar-refractivity contribution < 1.29 is 31.8 Å². The molecule has 1 aliphatic rings. The average molecular weight is 437 g/mol. The topological polar surface area (TPSA) is 82.1 Å². The van der Waals surface area contributed by atoms with Crippen LogP contribution in [0.1, 0.15) is 18.4 Å². The first-order valence-electron chi connectivity index (χ1n) is 9.48. The number of rotatable bonds is 7. The maximum absolute atomic E-state index is 13.7. The fourth-order valence-electron chi connectivity index (χ4n) is 3.30. The van der Waals surface area contributed by atoms with E-state index >= 15 is 0 Å². The van der Waals surface area contributed by atoms with Crippen LogP contribution in [0.4, 0.5) is 4.39 Å². The third kappa shape index (κ3) is 4.91. The van der Waals surface area contributed by atoms with Gasteiger partial charge in [0.25, 0.3) is 0 Å². The molecule has 1 saturated heterocycles. The van der Waals surface area contributed by atoms with E-state index in [9.17, 15) is 17.6 Å². The number of halogens is 1. The zero-order chi connectivity index (χ0) is 21.7. The predicted molar refractivity (Wildman–Crippen MR) is 107 cm³/mol. The first kappa shape index (κ1) is 22.0. The standard InChI is InChI=1S/C21H24FNO6S/c1-27-17-4-6-18(7-5-17)30(25,26)23-11-9-16(10-12-23)21(24)29-14-15-3-8-20(28-2)19(22)13-15/h3-8,13,16H,9-12,14H2,1-2H3. The molecule has 1 fully saturated rings. The molecular weight excluding hydrogens is 413 g/mol. The Morgan fingerprint density at radius 1 is 1.07 bits per heavy atom. The van der Waals surface area contributed by atoms with Gasteiger partial charge in [-0.15, -0.1) is 0 Å². The van der Waals surface area contributed by atoms with Crippen molar-refractivity contribution >= 4 is 16.0 Å². The number of ether oxygens (including phenoxy) is 3. The highest BCUT2D eigenvalue weighted by Crippen LogP contribution is 2.26. The molecule has 2 aromatic rings. The molecule has 0 saturated carbocycles. The fourth-order valence-corrected chi connectivity index (χ4v) is 4.77. The minimum atomic E-state index is -3.63. The Hall–Kier alpha value is -2.65. The molecular formula is C21H24FNO6S. The van der Waals surface area contributed by atoms with Gasteiger partial charge in [0.2, 0.25) is 10.0 Å². The highest BCUT2D eigenvalue weighted by Gasteiger charge is 2.32. The number of carbonyl (C=O) groups excluding carboxylic acids is 1. The smallest absolute Gasteiger partial charge is 0.309 e. The highest BCUT2D eigenvalue weighted by molar-refractivity contribution is 7.89. The number of methoxy groups -OCH3 is 2. The van der Waals surface area contributed by atoms with Gasteiger partial charge in [0.05, 0.1) is 25.0 Å². The summed E-state index contributed by atoms with van der Waals surface area (Å²) in [6.45, 7) is 0.403. The lowest BCUT2D eigenvalue weighted by molar-refractivity contribution is -0.151. The summed E-state index contributed by atoms with van der Waals surface area (Å²) < 4.78 is 55.9. The van der Waals surface area contributed by atoms with E-state index in [0.29, 0.717) is 24.2 Å². The van der Waals surface area contributed by atoms with Crippen LogP contribution in [0.2, 0.25) is 0 Å². The third-order valence-electron chi connectivity index (χ3n) is 5.08. The second kappa shape index (κ2) is 9.44. The van der Waals surface area contributed by atoms with Gasteiger partial charge in [-0.25, -0.2) is 12.8 Å².